The quantitative estimate of drug-likeness (QED) is 0.863. The molecular formula is C14H18N4O3. The smallest absolute Gasteiger partial charge is 0.250 e. The van der Waals surface area contributed by atoms with Crippen molar-refractivity contribution in [3.8, 4) is 11.8 Å². The van der Waals surface area contributed by atoms with Gasteiger partial charge in [0.15, 0.2) is 0 Å². The molecule has 7 heteroatoms. The van der Waals surface area contributed by atoms with Crippen molar-refractivity contribution in [3.63, 3.8) is 0 Å². The number of rotatable bonds is 6. The van der Waals surface area contributed by atoms with Crippen LogP contribution in [0.2, 0.25) is 0 Å². The standard InChI is InChI=1S/C14H18N4O3/c1-4-18-8-10(5-6-12(18)19)15-7-11-13(20-2)16-9-17-14(11)21-3/h5-6,8-9,15H,4,7H2,1-3H3. The van der Waals surface area contributed by atoms with Crippen LogP contribution in [0.5, 0.6) is 11.8 Å². The third kappa shape index (κ3) is 3.31. The summed E-state index contributed by atoms with van der Waals surface area (Å²) in [6, 6.07) is 3.26. The van der Waals surface area contributed by atoms with Gasteiger partial charge in [0, 0.05) is 18.8 Å². The highest BCUT2D eigenvalue weighted by molar-refractivity contribution is 5.44. The van der Waals surface area contributed by atoms with Crippen LogP contribution in [0, 0.1) is 0 Å². The summed E-state index contributed by atoms with van der Waals surface area (Å²) in [7, 11) is 3.09. The number of aromatic nitrogens is 3. The molecule has 0 unspecified atom stereocenters. The molecule has 2 heterocycles. The summed E-state index contributed by atoms with van der Waals surface area (Å²) in [6.07, 6.45) is 3.16. The van der Waals surface area contributed by atoms with Crippen LogP contribution < -0.4 is 20.3 Å². The zero-order valence-electron chi connectivity index (χ0n) is 12.3. The number of aryl methyl sites for hydroxylation is 1. The molecule has 0 saturated carbocycles. The van der Waals surface area contributed by atoms with Gasteiger partial charge >= 0.3 is 0 Å². The molecule has 112 valence electrons. The first-order valence-electron chi connectivity index (χ1n) is 6.55. The van der Waals surface area contributed by atoms with Gasteiger partial charge in [-0.1, -0.05) is 0 Å². The van der Waals surface area contributed by atoms with E-state index in [1.54, 1.807) is 31.0 Å². The van der Waals surface area contributed by atoms with Crippen LogP contribution in [0.3, 0.4) is 0 Å². The van der Waals surface area contributed by atoms with Gasteiger partial charge in [0.2, 0.25) is 11.8 Å². The Morgan fingerprint density at radius 3 is 2.43 bits per heavy atom. The molecule has 0 fully saturated rings. The largest absolute Gasteiger partial charge is 0.481 e. The van der Waals surface area contributed by atoms with Crippen LogP contribution in [0.25, 0.3) is 0 Å². The van der Waals surface area contributed by atoms with E-state index in [4.69, 9.17) is 9.47 Å². The molecule has 0 aliphatic carbocycles. The Morgan fingerprint density at radius 2 is 1.86 bits per heavy atom. The topological polar surface area (TPSA) is 78.3 Å². The van der Waals surface area contributed by atoms with Crippen molar-refractivity contribution in [3.05, 3.63) is 40.6 Å². The van der Waals surface area contributed by atoms with Gasteiger partial charge in [-0.05, 0) is 13.0 Å². The highest BCUT2D eigenvalue weighted by Crippen LogP contribution is 2.24. The van der Waals surface area contributed by atoms with E-state index in [-0.39, 0.29) is 5.56 Å². The average Bonchev–Trinajstić information content (AvgIpc) is 2.53. The maximum absolute atomic E-state index is 11.6. The van der Waals surface area contributed by atoms with E-state index >= 15 is 0 Å². The SMILES string of the molecule is CCn1cc(NCc2c(OC)ncnc2OC)ccc1=O. The van der Waals surface area contributed by atoms with Crippen molar-refractivity contribution >= 4 is 5.69 Å². The van der Waals surface area contributed by atoms with E-state index in [1.165, 1.54) is 12.4 Å². The lowest BCUT2D eigenvalue weighted by Crippen LogP contribution is -2.18. The Labute approximate surface area is 122 Å². The van der Waals surface area contributed by atoms with Crippen molar-refractivity contribution in [2.45, 2.75) is 20.0 Å². The van der Waals surface area contributed by atoms with Gasteiger partial charge in [-0.15, -0.1) is 0 Å². The zero-order chi connectivity index (χ0) is 15.2. The van der Waals surface area contributed by atoms with Gasteiger partial charge in [-0.2, -0.15) is 0 Å². The highest BCUT2D eigenvalue weighted by Gasteiger charge is 2.12. The van der Waals surface area contributed by atoms with Crippen LogP contribution in [0.4, 0.5) is 5.69 Å². The predicted octanol–water partition coefficient (Wildman–Crippen LogP) is 1.29. The molecule has 2 rings (SSSR count). The number of pyridine rings is 1. The van der Waals surface area contributed by atoms with E-state index in [0.29, 0.717) is 24.8 Å². The minimum absolute atomic E-state index is 0.0266. The molecule has 7 nitrogen and oxygen atoms in total. The molecular weight excluding hydrogens is 272 g/mol. The summed E-state index contributed by atoms with van der Waals surface area (Å²) in [5.41, 5.74) is 1.52. The maximum Gasteiger partial charge on any atom is 0.250 e. The molecule has 0 bridgehead atoms. The predicted molar refractivity (Wildman–Crippen MR) is 78.8 cm³/mol. The number of anilines is 1. The van der Waals surface area contributed by atoms with Gasteiger partial charge in [0.25, 0.3) is 5.56 Å². The summed E-state index contributed by atoms with van der Waals surface area (Å²) in [5.74, 6) is 0.913. The highest BCUT2D eigenvalue weighted by atomic mass is 16.5. The van der Waals surface area contributed by atoms with Crippen molar-refractivity contribution in [1.82, 2.24) is 14.5 Å². The summed E-state index contributed by atoms with van der Waals surface area (Å²) in [6.45, 7) is 2.97. The maximum atomic E-state index is 11.6. The third-order valence-electron chi connectivity index (χ3n) is 3.05. The van der Waals surface area contributed by atoms with E-state index < -0.39 is 0 Å². The molecule has 0 amide bonds. The lowest BCUT2D eigenvalue weighted by Gasteiger charge is -2.13. The van der Waals surface area contributed by atoms with E-state index in [1.807, 2.05) is 6.92 Å². The van der Waals surface area contributed by atoms with Gasteiger partial charge < -0.3 is 19.4 Å². The molecule has 0 aliphatic heterocycles. The fourth-order valence-electron chi connectivity index (χ4n) is 1.96. The van der Waals surface area contributed by atoms with Crippen LogP contribution in [-0.4, -0.2) is 28.8 Å². The average molecular weight is 290 g/mol. The lowest BCUT2D eigenvalue weighted by atomic mass is 10.3. The first kappa shape index (κ1) is 14.8. The molecule has 21 heavy (non-hydrogen) atoms. The van der Waals surface area contributed by atoms with Gasteiger partial charge in [0.05, 0.1) is 32.0 Å². The molecule has 2 aromatic rings. The number of methoxy groups -OCH3 is 2. The molecule has 1 N–H and O–H groups in total. The van der Waals surface area contributed by atoms with Crippen molar-refractivity contribution < 1.29 is 9.47 Å². The molecule has 0 aliphatic rings. The lowest BCUT2D eigenvalue weighted by molar-refractivity contribution is 0.363. The van der Waals surface area contributed by atoms with Crippen molar-refractivity contribution in [2.24, 2.45) is 0 Å². The number of hydrogen-bond acceptors (Lipinski definition) is 6. The molecule has 0 aromatic carbocycles. The molecule has 0 saturated heterocycles. The number of nitrogens with zero attached hydrogens (tertiary/aromatic N) is 3. The Morgan fingerprint density at radius 1 is 1.19 bits per heavy atom. The second kappa shape index (κ2) is 6.74. The second-order valence-electron chi connectivity index (χ2n) is 4.27. The normalized spacial score (nSPS) is 10.2. The van der Waals surface area contributed by atoms with Crippen LogP contribution >= 0.6 is 0 Å². The molecule has 0 radical (unpaired) electrons. The summed E-state index contributed by atoms with van der Waals surface area (Å²) >= 11 is 0. The minimum atomic E-state index is -0.0266. The number of hydrogen-bond donors (Lipinski definition) is 1. The third-order valence-corrected chi connectivity index (χ3v) is 3.05. The molecule has 2 aromatic heterocycles. The fraction of sp³-hybridized carbons (Fsp3) is 0.357. The van der Waals surface area contributed by atoms with Crippen molar-refractivity contribution in [1.29, 1.82) is 0 Å². The van der Waals surface area contributed by atoms with Gasteiger partial charge in [0.1, 0.15) is 6.33 Å². The zero-order valence-corrected chi connectivity index (χ0v) is 12.3. The van der Waals surface area contributed by atoms with E-state index in [0.717, 1.165) is 11.3 Å². The van der Waals surface area contributed by atoms with Crippen molar-refractivity contribution in [2.75, 3.05) is 19.5 Å². The summed E-state index contributed by atoms with van der Waals surface area (Å²) < 4.78 is 12.1. The van der Waals surface area contributed by atoms with Crippen LogP contribution in [0.15, 0.2) is 29.5 Å². The van der Waals surface area contributed by atoms with E-state index in [9.17, 15) is 4.79 Å². The van der Waals surface area contributed by atoms with Gasteiger partial charge in [-0.3, -0.25) is 4.79 Å². The van der Waals surface area contributed by atoms with E-state index in [2.05, 4.69) is 15.3 Å². The summed E-state index contributed by atoms with van der Waals surface area (Å²) in [4.78, 5) is 19.7. The Bertz CT molecular complexity index is 647. The Kier molecular flexibility index (Phi) is 4.76. The van der Waals surface area contributed by atoms with Gasteiger partial charge in [-0.25, -0.2) is 9.97 Å². The summed E-state index contributed by atoms with van der Waals surface area (Å²) in [5, 5.41) is 3.21. The minimum Gasteiger partial charge on any atom is -0.481 e. The molecule has 0 spiro atoms. The Hall–Kier alpha value is -2.57. The molecule has 0 atom stereocenters. The fourth-order valence-corrected chi connectivity index (χ4v) is 1.96. The first-order valence-corrected chi connectivity index (χ1v) is 6.55. The number of nitrogens with one attached hydrogen (secondary N) is 1. The number of ether oxygens (including phenoxy) is 2. The first-order chi connectivity index (χ1) is 10.2. The van der Waals surface area contributed by atoms with Crippen LogP contribution in [-0.2, 0) is 13.1 Å². The van der Waals surface area contributed by atoms with Crippen LogP contribution in [0.1, 0.15) is 12.5 Å². The monoisotopic (exact) mass is 290 g/mol. The Balaban J connectivity index is 2.22. The second-order valence-corrected chi connectivity index (χ2v) is 4.27.